The van der Waals surface area contributed by atoms with E-state index < -0.39 is 0 Å². The summed E-state index contributed by atoms with van der Waals surface area (Å²) in [6.45, 7) is 10.4. The van der Waals surface area contributed by atoms with Crippen LogP contribution in [-0.2, 0) is 13.5 Å². The van der Waals surface area contributed by atoms with Gasteiger partial charge in [-0.25, -0.2) is 4.98 Å². The van der Waals surface area contributed by atoms with E-state index in [9.17, 15) is 9.59 Å². The maximum Gasteiger partial charge on any atom is 0.262 e. The topological polar surface area (TPSA) is 64.0 Å². The van der Waals surface area contributed by atoms with Crippen LogP contribution >= 0.6 is 11.3 Å². The van der Waals surface area contributed by atoms with Gasteiger partial charge in [-0.05, 0) is 41.9 Å². The smallest absolute Gasteiger partial charge is 0.262 e. The van der Waals surface area contributed by atoms with Crippen molar-refractivity contribution >= 4 is 27.5 Å². The van der Waals surface area contributed by atoms with Crippen LogP contribution in [0.25, 0.3) is 10.2 Å². The Morgan fingerprint density at radius 2 is 1.83 bits per heavy atom. The minimum Gasteiger partial charge on any atom is -0.344 e. The Morgan fingerprint density at radius 1 is 1.17 bits per heavy atom. The van der Waals surface area contributed by atoms with Gasteiger partial charge in [0.1, 0.15) is 4.83 Å². The molecule has 0 saturated carbocycles. The van der Waals surface area contributed by atoms with E-state index >= 15 is 0 Å². The van der Waals surface area contributed by atoms with Gasteiger partial charge >= 0.3 is 0 Å². The molecule has 2 heterocycles. The van der Waals surface area contributed by atoms with E-state index in [-0.39, 0.29) is 23.4 Å². The number of benzene rings is 1. The number of amides is 1. The average molecular weight is 412 g/mol. The number of carbonyl (C=O) groups is 1. The van der Waals surface area contributed by atoms with Gasteiger partial charge < -0.3 is 9.88 Å². The lowest BCUT2D eigenvalue weighted by atomic mass is 9.93. The molecule has 0 aliphatic heterocycles. The van der Waals surface area contributed by atoms with E-state index in [1.165, 1.54) is 27.8 Å². The molecule has 1 amide bonds. The van der Waals surface area contributed by atoms with Crippen molar-refractivity contribution in [1.82, 2.24) is 14.9 Å². The fraction of sp³-hybridized carbons (Fsp3) is 0.435. The van der Waals surface area contributed by atoms with Crippen LogP contribution in [-0.4, -0.2) is 15.5 Å². The molecule has 0 fully saturated rings. The molecule has 5 nitrogen and oxygen atoms in total. The number of carbonyl (C=O) groups excluding carboxylic acids is 1. The van der Waals surface area contributed by atoms with E-state index in [0.29, 0.717) is 26.6 Å². The Kier molecular flexibility index (Phi) is 6.22. The third kappa shape index (κ3) is 4.42. The molecule has 154 valence electrons. The highest BCUT2D eigenvalue weighted by Gasteiger charge is 2.23. The number of nitrogens with zero attached hydrogens (tertiary/aromatic N) is 2. The van der Waals surface area contributed by atoms with E-state index in [1.54, 1.807) is 7.05 Å². The Balaban J connectivity index is 1.89. The van der Waals surface area contributed by atoms with Gasteiger partial charge in [0.05, 0.1) is 22.6 Å². The molecule has 0 aliphatic carbocycles. The molecule has 0 radical (unpaired) electrons. The third-order valence-corrected chi connectivity index (χ3v) is 6.35. The molecule has 29 heavy (non-hydrogen) atoms. The first-order valence-electron chi connectivity index (χ1n) is 10.0. The van der Waals surface area contributed by atoms with Crippen molar-refractivity contribution in [3.63, 3.8) is 0 Å². The van der Waals surface area contributed by atoms with Crippen molar-refractivity contribution in [1.29, 1.82) is 0 Å². The molecule has 1 N–H and O–H groups in total. The van der Waals surface area contributed by atoms with Crippen LogP contribution < -0.4 is 10.9 Å². The Labute approximate surface area is 175 Å². The highest BCUT2D eigenvalue weighted by atomic mass is 32.1. The molecule has 1 aromatic carbocycles. The van der Waals surface area contributed by atoms with Crippen LogP contribution in [0.4, 0.5) is 0 Å². The van der Waals surface area contributed by atoms with Crippen molar-refractivity contribution in [2.45, 2.75) is 47.1 Å². The number of hydrogen-bond donors (Lipinski definition) is 1. The first-order valence-corrected chi connectivity index (χ1v) is 10.8. The normalized spacial score (nSPS) is 12.7. The van der Waals surface area contributed by atoms with Crippen LogP contribution in [0.5, 0.6) is 0 Å². The van der Waals surface area contributed by atoms with Crippen LogP contribution in [0.3, 0.4) is 0 Å². The number of rotatable bonds is 6. The SMILES string of the molecule is Cc1c(C(=O)NC(c2ccc(CC(C)C)cc2)C(C)C)sc2ncn(C)c(=O)c12. The molecule has 1 unspecified atom stereocenters. The summed E-state index contributed by atoms with van der Waals surface area (Å²) in [5.74, 6) is 0.687. The van der Waals surface area contributed by atoms with Crippen molar-refractivity contribution in [3.8, 4) is 0 Å². The number of aryl methyl sites for hydroxylation is 2. The number of thiophene rings is 1. The zero-order chi connectivity index (χ0) is 21.3. The highest BCUT2D eigenvalue weighted by molar-refractivity contribution is 7.20. The van der Waals surface area contributed by atoms with E-state index in [2.05, 4.69) is 62.3 Å². The monoisotopic (exact) mass is 411 g/mol. The molecule has 6 heteroatoms. The van der Waals surface area contributed by atoms with Gasteiger partial charge in [-0.3, -0.25) is 9.59 Å². The van der Waals surface area contributed by atoms with E-state index in [4.69, 9.17) is 0 Å². The second-order valence-electron chi connectivity index (χ2n) is 8.43. The summed E-state index contributed by atoms with van der Waals surface area (Å²) in [7, 11) is 1.67. The zero-order valence-electron chi connectivity index (χ0n) is 17.9. The summed E-state index contributed by atoms with van der Waals surface area (Å²) in [6.07, 6.45) is 2.54. The summed E-state index contributed by atoms with van der Waals surface area (Å²) in [5, 5.41) is 3.71. The lowest BCUT2D eigenvalue weighted by Gasteiger charge is -2.23. The van der Waals surface area contributed by atoms with Gasteiger partial charge in [0.25, 0.3) is 11.5 Å². The van der Waals surface area contributed by atoms with Crippen LogP contribution in [0.2, 0.25) is 0 Å². The second-order valence-corrected chi connectivity index (χ2v) is 9.43. The molecule has 3 rings (SSSR count). The molecule has 1 atom stereocenters. The zero-order valence-corrected chi connectivity index (χ0v) is 18.8. The fourth-order valence-corrected chi connectivity index (χ4v) is 4.64. The maximum absolute atomic E-state index is 13.1. The van der Waals surface area contributed by atoms with E-state index in [1.807, 2.05) is 6.92 Å². The van der Waals surface area contributed by atoms with Gasteiger partial charge in [0, 0.05) is 7.05 Å². The van der Waals surface area contributed by atoms with Crippen molar-refractivity contribution < 1.29 is 4.79 Å². The van der Waals surface area contributed by atoms with Gasteiger partial charge in [0.2, 0.25) is 0 Å². The quantitative estimate of drug-likeness (QED) is 0.643. The van der Waals surface area contributed by atoms with Gasteiger partial charge in [-0.2, -0.15) is 0 Å². The second kappa shape index (κ2) is 8.49. The fourth-order valence-electron chi connectivity index (χ4n) is 3.60. The Morgan fingerprint density at radius 3 is 2.41 bits per heavy atom. The summed E-state index contributed by atoms with van der Waals surface area (Å²) in [6, 6.07) is 8.41. The van der Waals surface area contributed by atoms with Crippen LogP contribution in [0, 0.1) is 18.8 Å². The summed E-state index contributed by atoms with van der Waals surface area (Å²) >= 11 is 1.28. The van der Waals surface area contributed by atoms with E-state index in [0.717, 1.165) is 12.0 Å². The molecule has 0 spiro atoms. The highest BCUT2D eigenvalue weighted by Crippen LogP contribution is 2.29. The molecule has 0 bridgehead atoms. The lowest BCUT2D eigenvalue weighted by Crippen LogP contribution is -2.31. The molecule has 2 aromatic heterocycles. The Hall–Kier alpha value is -2.47. The Bertz CT molecular complexity index is 1080. The van der Waals surface area contributed by atoms with Crippen LogP contribution in [0.1, 0.15) is 60.1 Å². The lowest BCUT2D eigenvalue weighted by molar-refractivity contribution is 0.0929. The minimum atomic E-state index is -0.155. The number of aromatic nitrogens is 2. The molecular weight excluding hydrogens is 382 g/mol. The maximum atomic E-state index is 13.1. The summed E-state index contributed by atoms with van der Waals surface area (Å²) in [5.41, 5.74) is 2.98. The third-order valence-electron chi connectivity index (χ3n) is 5.15. The minimum absolute atomic E-state index is 0.101. The standard InChI is InChI=1S/C23H29N3O2S/c1-13(2)11-16-7-9-17(10-8-16)19(14(3)4)25-21(27)20-15(5)18-22(29-20)24-12-26(6)23(18)28/h7-10,12-14,19H,11H2,1-6H3,(H,25,27). The van der Waals surface area contributed by atoms with Crippen molar-refractivity contribution in [3.05, 3.63) is 62.5 Å². The van der Waals surface area contributed by atoms with Gasteiger partial charge in [-0.15, -0.1) is 11.3 Å². The largest absolute Gasteiger partial charge is 0.344 e. The van der Waals surface area contributed by atoms with Gasteiger partial charge in [0.15, 0.2) is 0 Å². The summed E-state index contributed by atoms with van der Waals surface area (Å²) < 4.78 is 1.44. The molecule has 3 aromatic rings. The van der Waals surface area contributed by atoms with Crippen molar-refractivity contribution in [2.75, 3.05) is 0 Å². The molecule has 0 aliphatic rings. The number of fused-ring (bicyclic) bond motifs is 1. The van der Waals surface area contributed by atoms with Gasteiger partial charge in [-0.1, -0.05) is 52.0 Å². The summed E-state index contributed by atoms with van der Waals surface area (Å²) in [4.78, 5) is 31.0. The predicted molar refractivity (Wildman–Crippen MR) is 120 cm³/mol. The molecule has 0 saturated heterocycles. The number of nitrogens with one attached hydrogen (secondary N) is 1. The average Bonchev–Trinajstić information content (AvgIpc) is 3.00. The van der Waals surface area contributed by atoms with Crippen molar-refractivity contribution in [2.24, 2.45) is 18.9 Å². The first kappa shape index (κ1) is 21.2. The molecular formula is C23H29N3O2S. The first-order chi connectivity index (χ1) is 13.7. The predicted octanol–water partition coefficient (Wildman–Crippen LogP) is 4.63. The number of hydrogen-bond acceptors (Lipinski definition) is 4. The van der Waals surface area contributed by atoms with Crippen LogP contribution in [0.15, 0.2) is 35.4 Å².